The van der Waals surface area contributed by atoms with E-state index in [1.807, 2.05) is 18.2 Å². The van der Waals surface area contributed by atoms with Crippen molar-refractivity contribution in [2.45, 2.75) is 31.2 Å². The van der Waals surface area contributed by atoms with Gasteiger partial charge in [0, 0.05) is 10.6 Å². The van der Waals surface area contributed by atoms with Crippen LogP contribution in [-0.4, -0.2) is 0 Å². The summed E-state index contributed by atoms with van der Waals surface area (Å²) in [6.45, 7) is 0. The lowest BCUT2D eigenvalue weighted by atomic mass is 9.63. The summed E-state index contributed by atoms with van der Waals surface area (Å²) in [6.07, 6.45) is 5.07. The van der Waals surface area contributed by atoms with Gasteiger partial charge in [0.25, 0.3) is 0 Å². The maximum atomic E-state index is 6.35. The molecular weight excluding hydrogens is 194 g/mol. The molecule has 0 heterocycles. The molecule has 0 aliphatic heterocycles. The van der Waals surface area contributed by atoms with E-state index in [1.165, 1.54) is 18.4 Å². The topological polar surface area (TPSA) is 26.0 Å². The third-order valence-corrected chi connectivity index (χ3v) is 3.97. The first-order chi connectivity index (χ1) is 6.62. The Morgan fingerprint density at radius 3 is 2.50 bits per heavy atom. The molecule has 3 rings (SSSR count). The normalized spacial score (nSPS) is 25.9. The van der Waals surface area contributed by atoms with Crippen molar-refractivity contribution >= 4 is 11.6 Å². The van der Waals surface area contributed by atoms with Crippen molar-refractivity contribution in [3.05, 3.63) is 34.9 Å². The quantitative estimate of drug-likeness (QED) is 0.753. The van der Waals surface area contributed by atoms with E-state index in [2.05, 4.69) is 6.07 Å². The summed E-state index contributed by atoms with van der Waals surface area (Å²) >= 11 is 5.96. The molecule has 1 nitrogen and oxygen atoms in total. The smallest absolute Gasteiger partial charge is 0.0420 e. The fourth-order valence-corrected chi connectivity index (χ4v) is 3.01. The maximum absolute atomic E-state index is 6.35. The van der Waals surface area contributed by atoms with Gasteiger partial charge in [-0.1, -0.05) is 23.7 Å². The van der Waals surface area contributed by atoms with Crippen LogP contribution in [0.1, 0.15) is 31.2 Å². The molecule has 2 saturated carbocycles. The number of hydrogen-bond donors (Lipinski definition) is 1. The summed E-state index contributed by atoms with van der Waals surface area (Å²) in [6, 6.07) is 8.00. The van der Waals surface area contributed by atoms with E-state index in [1.54, 1.807) is 0 Å². The average Bonchev–Trinajstić information content (AvgIpc) is 2.84. The second-order valence-corrected chi connectivity index (χ2v) is 5.46. The minimum atomic E-state index is -0.0819. The van der Waals surface area contributed by atoms with Crippen LogP contribution in [0.15, 0.2) is 24.3 Å². The fourth-order valence-electron chi connectivity index (χ4n) is 2.82. The summed E-state index contributed by atoms with van der Waals surface area (Å²) < 4.78 is 0. The third kappa shape index (κ3) is 1.19. The summed E-state index contributed by atoms with van der Waals surface area (Å²) in [5, 5.41) is 0.795. The summed E-state index contributed by atoms with van der Waals surface area (Å²) in [5.41, 5.74) is 8.11. The van der Waals surface area contributed by atoms with Crippen molar-refractivity contribution in [1.29, 1.82) is 0 Å². The summed E-state index contributed by atoms with van der Waals surface area (Å²) in [4.78, 5) is 0. The molecule has 2 N–H and O–H groups in total. The monoisotopic (exact) mass is 207 g/mol. The van der Waals surface area contributed by atoms with Gasteiger partial charge in [0.15, 0.2) is 0 Å². The minimum Gasteiger partial charge on any atom is -0.321 e. The standard InChI is InChI=1S/C12H14ClN/c13-10-3-1-2-9(6-10)12(14)7-11(8-12)4-5-11/h1-3,6H,4-5,7-8,14H2. The van der Waals surface area contributed by atoms with Gasteiger partial charge in [-0.15, -0.1) is 0 Å². The Balaban J connectivity index is 1.88. The van der Waals surface area contributed by atoms with E-state index in [0.29, 0.717) is 5.41 Å². The number of hydrogen-bond acceptors (Lipinski definition) is 1. The maximum Gasteiger partial charge on any atom is 0.0420 e. The Morgan fingerprint density at radius 2 is 1.93 bits per heavy atom. The van der Waals surface area contributed by atoms with Crippen LogP contribution < -0.4 is 5.73 Å². The molecule has 0 unspecified atom stereocenters. The largest absolute Gasteiger partial charge is 0.321 e. The lowest BCUT2D eigenvalue weighted by molar-refractivity contribution is 0.125. The summed E-state index contributed by atoms with van der Waals surface area (Å²) in [7, 11) is 0. The van der Waals surface area contributed by atoms with Crippen molar-refractivity contribution in [2.24, 2.45) is 11.1 Å². The molecule has 1 aromatic carbocycles. The molecule has 14 heavy (non-hydrogen) atoms. The third-order valence-electron chi connectivity index (χ3n) is 3.74. The highest BCUT2D eigenvalue weighted by molar-refractivity contribution is 6.30. The number of benzene rings is 1. The highest BCUT2D eigenvalue weighted by Crippen LogP contribution is 2.66. The first-order valence-corrected chi connectivity index (χ1v) is 5.55. The Bertz CT molecular complexity index is 374. The van der Waals surface area contributed by atoms with Crippen molar-refractivity contribution in [3.63, 3.8) is 0 Å². The molecular formula is C12H14ClN. The van der Waals surface area contributed by atoms with Crippen molar-refractivity contribution in [2.75, 3.05) is 0 Å². The molecule has 1 aromatic rings. The second-order valence-electron chi connectivity index (χ2n) is 5.02. The zero-order valence-corrected chi connectivity index (χ0v) is 8.85. The van der Waals surface area contributed by atoms with Crippen LogP contribution >= 0.6 is 11.6 Å². The highest BCUT2D eigenvalue weighted by atomic mass is 35.5. The Labute approximate surface area is 89.3 Å². The highest BCUT2D eigenvalue weighted by Gasteiger charge is 2.59. The number of nitrogens with two attached hydrogens (primary N) is 1. The molecule has 74 valence electrons. The minimum absolute atomic E-state index is 0.0819. The van der Waals surface area contributed by atoms with Crippen molar-refractivity contribution < 1.29 is 0 Å². The molecule has 2 fully saturated rings. The zero-order chi connectivity index (χ0) is 9.81. The van der Waals surface area contributed by atoms with Gasteiger partial charge >= 0.3 is 0 Å². The van der Waals surface area contributed by atoms with E-state index < -0.39 is 0 Å². The Morgan fingerprint density at radius 1 is 1.21 bits per heavy atom. The van der Waals surface area contributed by atoms with E-state index in [-0.39, 0.29) is 5.54 Å². The van der Waals surface area contributed by atoms with Gasteiger partial charge < -0.3 is 5.73 Å². The molecule has 2 heteroatoms. The first-order valence-electron chi connectivity index (χ1n) is 5.17. The van der Waals surface area contributed by atoms with Gasteiger partial charge in [-0.2, -0.15) is 0 Å². The van der Waals surface area contributed by atoms with Crippen LogP contribution in [-0.2, 0) is 5.54 Å². The van der Waals surface area contributed by atoms with E-state index >= 15 is 0 Å². The molecule has 2 aliphatic rings. The van der Waals surface area contributed by atoms with E-state index in [4.69, 9.17) is 17.3 Å². The van der Waals surface area contributed by atoms with Gasteiger partial charge in [0.1, 0.15) is 0 Å². The van der Waals surface area contributed by atoms with Gasteiger partial charge in [0.2, 0.25) is 0 Å². The first kappa shape index (κ1) is 8.75. The zero-order valence-electron chi connectivity index (χ0n) is 8.09. The van der Waals surface area contributed by atoms with E-state index in [9.17, 15) is 0 Å². The van der Waals surface area contributed by atoms with E-state index in [0.717, 1.165) is 17.9 Å². The Kier molecular flexibility index (Phi) is 1.58. The predicted molar refractivity (Wildman–Crippen MR) is 58.2 cm³/mol. The van der Waals surface area contributed by atoms with Gasteiger partial charge in [-0.3, -0.25) is 0 Å². The van der Waals surface area contributed by atoms with Crippen LogP contribution in [0.2, 0.25) is 5.02 Å². The molecule has 0 atom stereocenters. The van der Waals surface area contributed by atoms with Crippen molar-refractivity contribution in [1.82, 2.24) is 0 Å². The molecule has 0 amide bonds. The molecule has 1 spiro atoms. The van der Waals surface area contributed by atoms with Gasteiger partial charge in [0.05, 0.1) is 0 Å². The molecule has 0 saturated heterocycles. The SMILES string of the molecule is NC1(c2cccc(Cl)c2)CC2(CC2)C1. The average molecular weight is 208 g/mol. The molecule has 0 aromatic heterocycles. The van der Waals surface area contributed by atoms with Crippen molar-refractivity contribution in [3.8, 4) is 0 Å². The van der Waals surface area contributed by atoms with Gasteiger partial charge in [-0.05, 0) is 48.8 Å². The van der Waals surface area contributed by atoms with Crippen LogP contribution in [0, 0.1) is 5.41 Å². The van der Waals surface area contributed by atoms with Gasteiger partial charge in [-0.25, -0.2) is 0 Å². The Hall–Kier alpha value is -0.530. The fraction of sp³-hybridized carbons (Fsp3) is 0.500. The lowest BCUT2D eigenvalue weighted by Gasteiger charge is -2.46. The number of halogens is 1. The molecule has 0 bridgehead atoms. The lowest BCUT2D eigenvalue weighted by Crippen LogP contribution is -2.50. The number of rotatable bonds is 1. The van der Waals surface area contributed by atoms with Crippen LogP contribution in [0.25, 0.3) is 0 Å². The van der Waals surface area contributed by atoms with Crippen LogP contribution in [0.4, 0.5) is 0 Å². The molecule has 2 aliphatic carbocycles. The summed E-state index contributed by atoms with van der Waals surface area (Å²) in [5.74, 6) is 0. The predicted octanol–water partition coefficient (Wildman–Crippen LogP) is 3.07. The second kappa shape index (κ2) is 2.53. The van der Waals surface area contributed by atoms with Crippen LogP contribution in [0.3, 0.4) is 0 Å². The molecule has 0 radical (unpaired) electrons. The van der Waals surface area contributed by atoms with Crippen LogP contribution in [0.5, 0.6) is 0 Å².